The SMILES string of the molecule is CC(C)NC(=O)c1ccc(NCc2ccccc2)cn1. The van der Waals surface area contributed by atoms with Gasteiger partial charge in [-0.25, -0.2) is 4.98 Å². The molecule has 2 aromatic rings. The van der Waals surface area contributed by atoms with Gasteiger partial charge < -0.3 is 10.6 Å². The Morgan fingerprint density at radius 3 is 2.50 bits per heavy atom. The lowest BCUT2D eigenvalue weighted by Gasteiger charge is -2.09. The Labute approximate surface area is 119 Å². The van der Waals surface area contributed by atoms with Crippen molar-refractivity contribution in [2.45, 2.75) is 26.4 Å². The highest BCUT2D eigenvalue weighted by Crippen LogP contribution is 2.09. The van der Waals surface area contributed by atoms with Crippen molar-refractivity contribution in [3.63, 3.8) is 0 Å². The van der Waals surface area contributed by atoms with Gasteiger partial charge in [-0.05, 0) is 31.5 Å². The van der Waals surface area contributed by atoms with Crippen LogP contribution in [0.4, 0.5) is 5.69 Å². The standard InChI is InChI=1S/C16H19N3O/c1-12(2)19-16(20)15-9-8-14(11-18-15)17-10-13-6-4-3-5-7-13/h3-9,11-12,17H,10H2,1-2H3,(H,19,20). The number of amides is 1. The molecule has 0 aliphatic heterocycles. The number of anilines is 1. The Morgan fingerprint density at radius 1 is 1.15 bits per heavy atom. The van der Waals surface area contributed by atoms with Crippen LogP contribution in [0.5, 0.6) is 0 Å². The zero-order valence-electron chi connectivity index (χ0n) is 11.8. The van der Waals surface area contributed by atoms with Gasteiger partial charge in [-0.2, -0.15) is 0 Å². The second-order valence-electron chi connectivity index (χ2n) is 4.90. The summed E-state index contributed by atoms with van der Waals surface area (Å²) in [5, 5.41) is 6.09. The van der Waals surface area contributed by atoms with E-state index in [1.165, 1.54) is 5.56 Å². The molecule has 0 spiro atoms. The first-order chi connectivity index (χ1) is 9.65. The molecule has 1 aromatic heterocycles. The van der Waals surface area contributed by atoms with Crippen molar-refractivity contribution in [2.75, 3.05) is 5.32 Å². The number of benzene rings is 1. The number of rotatable bonds is 5. The second kappa shape index (κ2) is 6.70. The molecule has 1 aromatic carbocycles. The molecule has 104 valence electrons. The summed E-state index contributed by atoms with van der Waals surface area (Å²) >= 11 is 0. The van der Waals surface area contributed by atoms with Crippen LogP contribution in [0.3, 0.4) is 0 Å². The molecule has 0 unspecified atom stereocenters. The minimum atomic E-state index is -0.144. The summed E-state index contributed by atoms with van der Waals surface area (Å²) in [6, 6.07) is 13.8. The largest absolute Gasteiger partial charge is 0.380 e. The van der Waals surface area contributed by atoms with Crippen LogP contribution in [0.2, 0.25) is 0 Å². The summed E-state index contributed by atoms with van der Waals surface area (Å²) in [5.41, 5.74) is 2.54. The van der Waals surface area contributed by atoms with E-state index in [4.69, 9.17) is 0 Å². The molecular weight excluding hydrogens is 250 g/mol. The third-order valence-corrected chi connectivity index (χ3v) is 2.76. The molecule has 20 heavy (non-hydrogen) atoms. The van der Waals surface area contributed by atoms with Crippen LogP contribution in [0, 0.1) is 0 Å². The Balaban J connectivity index is 1.93. The zero-order valence-corrected chi connectivity index (χ0v) is 11.8. The number of aromatic nitrogens is 1. The molecule has 2 rings (SSSR count). The lowest BCUT2D eigenvalue weighted by Crippen LogP contribution is -2.30. The van der Waals surface area contributed by atoms with E-state index >= 15 is 0 Å². The molecule has 4 heteroatoms. The van der Waals surface area contributed by atoms with Crippen molar-refractivity contribution >= 4 is 11.6 Å². The molecule has 0 atom stereocenters. The van der Waals surface area contributed by atoms with Crippen LogP contribution >= 0.6 is 0 Å². The summed E-state index contributed by atoms with van der Waals surface area (Å²) in [7, 11) is 0. The quantitative estimate of drug-likeness (QED) is 0.877. The van der Waals surface area contributed by atoms with E-state index in [9.17, 15) is 4.79 Å². The van der Waals surface area contributed by atoms with E-state index in [1.54, 1.807) is 12.3 Å². The molecule has 0 saturated heterocycles. The highest BCUT2D eigenvalue weighted by Gasteiger charge is 2.07. The summed E-state index contributed by atoms with van der Waals surface area (Å²) in [6.07, 6.45) is 1.68. The molecule has 1 amide bonds. The van der Waals surface area contributed by atoms with Gasteiger partial charge in [0.15, 0.2) is 0 Å². The Bertz CT molecular complexity index is 550. The minimum Gasteiger partial charge on any atom is -0.380 e. The number of nitrogens with one attached hydrogen (secondary N) is 2. The van der Waals surface area contributed by atoms with Gasteiger partial charge >= 0.3 is 0 Å². The first-order valence-electron chi connectivity index (χ1n) is 6.70. The maximum atomic E-state index is 11.8. The van der Waals surface area contributed by atoms with Crippen molar-refractivity contribution in [3.8, 4) is 0 Å². The van der Waals surface area contributed by atoms with Crippen molar-refractivity contribution in [3.05, 3.63) is 59.9 Å². The molecule has 4 nitrogen and oxygen atoms in total. The smallest absolute Gasteiger partial charge is 0.270 e. The van der Waals surface area contributed by atoms with Gasteiger partial charge in [-0.3, -0.25) is 4.79 Å². The molecule has 1 heterocycles. The number of hydrogen-bond acceptors (Lipinski definition) is 3. The van der Waals surface area contributed by atoms with Crippen molar-refractivity contribution in [2.24, 2.45) is 0 Å². The molecule has 0 bridgehead atoms. The third-order valence-electron chi connectivity index (χ3n) is 2.76. The molecule has 0 aliphatic rings. The summed E-state index contributed by atoms with van der Waals surface area (Å²) < 4.78 is 0. The highest BCUT2D eigenvalue weighted by molar-refractivity contribution is 5.92. The lowest BCUT2D eigenvalue weighted by atomic mass is 10.2. The van der Waals surface area contributed by atoms with Crippen molar-refractivity contribution in [1.29, 1.82) is 0 Å². The molecule has 0 fully saturated rings. The van der Waals surface area contributed by atoms with E-state index in [2.05, 4.69) is 27.8 Å². The van der Waals surface area contributed by atoms with Gasteiger partial charge in [0.2, 0.25) is 0 Å². The fourth-order valence-electron chi connectivity index (χ4n) is 1.77. The van der Waals surface area contributed by atoms with Gasteiger partial charge in [0.05, 0.1) is 11.9 Å². The number of carbonyl (C=O) groups excluding carboxylic acids is 1. The second-order valence-corrected chi connectivity index (χ2v) is 4.90. The monoisotopic (exact) mass is 269 g/mol. The molecule has 2 N–H and O–H groups in total. The normalized spacial score (nSPS) is 10.3. The fourth-order valence-corrected chi connectivity index (χ4v) is 1.77. The van der Waals surface area contributed by atoms with Crippen LogP contribution in [-0.4, -0.2) is 16.9 Å². The number of pyridine rings is 1. The van der Waals surface area contributed by atoms with E-state index in [-0.39, 0.29) is 11.9 Å². The van der Waals surface area contributed by atoms with Gasteiger partial charge in [-0.15, -0.1) is 0 Å². The molecule has 0 radical (unpaired) electrons. The summed E-state index contributed by atoms with van der Waals surface area (Å²) in [4.78, 5) is 15.9. The van der Waals surface area contributed by atoms with Gasteiger partial charge in [-0.1, -0.05) is 30.3 Å². The minimum absolute atomic E-state index is 0.111. The number of carbonyl (C=O) groups is 1. The van der Waals surface area contributed by atoms with Crippen LogP contribution in [0.15, 0.2) is 48.7 Å². The van der Waals surface area contributed by atoms with Crippen LogP contribution < -0.4 is 10.6 Å². The first-order valence-corrected chi connectivity index (χ1v) is 6.70. The number of nitrogens with zero attached hydrogens (tertiary/aromatic N) is 1. The van der Waals surface area contributed by atoms with E-state index in [0.29, 0.717) is 5.69 Å². The van der Waals surface area contributed by atoms with E-state index < -0.39 is 0 Å². The predicted octanol–water partition coefficient (Wildman–Crippen LogP) is 2.83. The Morgan fingerprint density at radius 2 is 1.90 bits per heavy atom. The number of hydrogen-bond donors (Lipinski definition) is 2. The Hall–Kier alpha value is -2.36. The zero-order chi connectivity index (χ0) is 14.4. The average Bonchev–Trinajstić information content (AvgIpc) is 2.46. The Kier molecular flexibility index (Phi) is 4.71. The highest BCUT2D eigenvalue weighted by atomic mass is 16.1. The van der Waals surface area contributed by atoms with Gasteiger partial charge in [0.1, 0.15) is 5.69 Å². The van der Waals surface area contributed by atoms with Crippen molar-refractivity contribution < 1.29 is 4.79 Å². The molecular formula is C16H19N3O. The van der Waals surface area contributed by atoms with Crippen LogP contribution in [-0.2, 0) is 6.54 Å². The molecule has 0 saturated carbocycles. The van der Waals surface area contributed by atoms with Crippen LogP contribution in [0.1, 0.15) is 29.9 Å². The third kappa shape index (κ3) is 4.09. The lowest BCUT2D eigenvalue weighted by molar-refractivity contribution is 0.0938. The summed E-state index contributed by atoms with van der Waals surface area (Å²) in [5.74, 6) is -0.144. The first kappa shape index (κ1) is 14.1. The van der Waals surface area contributed by atoms with Gasteiger partial charge in [0, 0.05) is 12.6 Å². The predicted molar refractivity (Wildman–Crippen MR) is 80.6 cm³/mol. The maximum Gasteiger partial charge on any atom is 0.270 e. The fraction of sp³-hybridized carbons (Fsp3) is 0.250. The van der Waals surface area contributed by atoms with Crippen LogP contribution in [0.25, 0.3) is 0 Å². The molecule has 0 aliphatic carbocycles. The van der Waals surface area contributed by atoms with Gasteiger partial charge in [0.25, 0.3) is 5.91 Å². The van der Waals surface area contributed by atoms with E-state index in [0.717, 1.165) is 12.2 Å². The van der Waals surface area contributed by atoms with E-state index in [1.807, 2.05) is 38.1 Å². The van der Waals surface area contributed by atoms with Crippen molar-refractivity contribution in [1.82, 2.24) is 10.3 Å². The summed E-state index contributed by atoms with van der Waals surface area (Å²) in [6.45, 7) is 4.58. The maximum absolute atomic E-state index is 11.8. The average molecular weight is 269 g/mol. The topological polar surface area (TPSA) is 54.0 Å².